The molecule has 3 aromatic rings. The first-order valence-corrected chi connectivity index (χ1v) is 10.4. The number of carbonyl (C=O) groups is 1. The largest absolute Gasteiger partial charge is 0.419 e. The predicted molar refractivity (Wildman–Crippen MR) is 118 cm³/mol. The highest BCUT2D eigenvalue weighted by atomic mass is 16.5. The number of nitriles is 1. The molecule has 1 unspecified atom stereocenters. The van der Waals surface area contributed by atoms with Crippen molar-refractivity contribution in [2.45, 2.75) is 38.2 Å². The van der Waals surface area contributed by atoms with Crippen molar-refractivity contribution in [3.05, 3.63) is 58.6 Å². The maximum Gasteiger partial charge on any atom is 0.419 e. The molecule has 1 amide bonds. The first-order valence-electron chi connectivity index (χ1n) is 10.4. The third-order valence-electron chi connectivity index (χ3n) is 5.53. The molecule has 2 aromatic carbocycles. The zero-order chi connectivity index (χ0) is 22.2. The fourth-order valence-corrected chi connectivity index (χ4v) is 3.77. The Kier molecular flexibility index (Phi) is 7.63. The van der Waals surface area contributed by atoms with Gasteiger partial charge < -0.3 is 14.5 Å². The van der Waals surface area contributed by atoms with Gasteiger partial charge in [0.15, 0.2) is 5.58 Å². The van der Waals surface area contributed by atoms with Crippen LogP contribution in [0.5, 0.6) is 0 Å². The fraction of sp³-hybridized carbons (Fsp3) is 0.375. The minimum atomic E-state index is -0.356. The summed E-state index contributed by atoms with van der Waals surface area (Å²) in [5.74, 6) is -0.263. The summed E-state index contributed by atoms with van der Waals surface area (Å²) in [5.41, 5.74) is 4.65. The van der Waals surface area contributed by atoms with Gasteiger partial charge in [-0.2, -0.15) is 0 Å². The van der Waals surface area contributed by atoms with Crippen LogP contribution in [0.25, 0.3) is 22.2 Å². The molecule has 4 rings (SSSR count). The lowest BCUT2D eigenvalue weighted by Crippen LogP contribution is -2.26. The van der Waals surface area contributed by atoms with Crippen LogP contribution in [0.1, 0.15) is 31.2 Å². The van der Waals surface area contributed by atoms with Crippen LogP contribution in [0.2, 0.25) is 0 Å². The number of nitrogens with zero attached hydrogens (tertiary/aromatic N) is 2. The minimum absolute atomic E-state index is 0.0937. The van der Waals surface area contributed by atoms with Gasteiger partial charge in [0.1, 0.15) is 0 Å². The van der Waals surface area contributed by atoms with E-state index in [1.54, 1.807) is 7.05 Å². The quantitative estimate of drug-likeness (QED) is 0.629. The van der Waals surface area contributed by atoms with Crippen LogP contribution in [0.4, 0.5) is 0 Å². The number of carbonyl (C=O) groups excluding carboxylic acids is 1. The predicted octanol–water partition coefficient (Wildman–Crippen LogP) is 3.56. The summed E-state index contributed by atoms with van der Waals surface area (Å²) in [7, 11) is 1.70. The van der Waals surface area contributed by atoms with Gasteiger partial charge >= 0.3 is 5.76 Å². The first-order chi connectivity index (χ1) is 15.1. The SMILES string of the molecule is C#N.Cn1c(=O)oc2ccc(-c3ccc(CCNC(=O)CCC4CCCO4)cc3)cc21. The highest BCUT2D eigenvalue weighted by Gasteiger charge is 2.16. The molecule has 1 aliphatic heterocycles. The summed E-state index contributed by atoms with van der Waals surface area (Å²) in [6.07, 6.45) is 4.58. The van der Waals surface area contributed by atoms with Gasteiger partial charge in [-0.1, -0.05) is 30.3 Å². The topological polar surface area (TPSA) is 97.3 Å². The smallest absolute Gasteiger partial charge is 0.408 e. The Morgan fingerprint density at radius 2 is 1.94 bits per heavy atom. The Bertz CT molecular complexity index is 1090. The van der Waals surface area contributed by atoms with Crippen LogP contribution in [0.3, 0.4) is 0 Å². The molecule has 1 atom stereocenters. The van der Waals surface area contributed by atoms with Gasteiger partial charge in [0.2, 0.25) is 5.91 Å². The van der Waals surface area contributed by atoms with Crippen LogP contribution in [-0.4, -0.2) is 29.7 Å². The lowest BCUT2D eigenvalue weighted by molar-refractivity contribution is -0.121. The molecular weight excluding hydrogens is 394 g/mol. The number of ether oxygens (including phenoxy) is 1. The zero-order valence-corrected chi connectivity index (χ0v) is 17.7. The molecule has 1 aliphatic rings. The van der Waals surface area contributed by atoms with Crippen molar-refractivity contribution < 1.29 is 13.9 Å². The molecule has 31 heavy (non-hydrogen) atoms. The van der Waals surface area contributed by atoms with Gasteiger partial charge in [-0.25, -0.2) is 10.1 Å². The number of benzene rings is 2. The van der Waals surface area contributed by atoms with Crippen LogP contribution in [0.15, 0.2) is 51.7 Å². The van der Waals surface area contributed by atoms with Crippen LogP contribution >= 0.6 is 0 Å². The molecule has 7 heteroatoms. The van der Waals surface area contributed by atoms with E-state index in [1.807, 2.05) is 18.2 Å². The van der Waals surface area contributed by atoms with Gasteiger partial charge in [0.05, 0.1) is 11.6 Å². The van der Waals surface area contributed by atoms with Crippen LogP contribution < -0.4 is 11.1 Å². The van der Waals surface area contributed by atoms with Crippen molar-refractivity contribution in [2.75, 3.05) is 13.2 Å². The summed E-state index contributed by atoms with van der Waals surface area (Å²) >= 11 is 0. The third-order valence-corrected chi connectivity index (χ3v) is 5.53. The van der Waals surface area contributed by atoms with Crippen molar-refractivity contribution in [3.63, 3.8) is 0 Å². The molecule has 1 aromatic heterocycles. The van der Waals surface area contributed by atoms with E-state index in [9.17, 15) is 9.59 Å². The summed E-state index contributed by atoms with van der Waals surface area (Å²) in [4.78, 5) is 23.6. The Labute approximate surface area is 181 Å². The monoisotopic (exact) mass is 421 g/mol. The highest BCUT2D eigenvalue weighted by molar-refractivity contribution is 5.80. The number of amides is 1. The van der Waals surface area contributed by atoms with E-state index < -0.39 is 0 Å². The van der Waals surface area contributed by atoms with Gasteiger partial charge in [-0.05, 0) is 54.5 Å². The average Bonchev–Trinajstić information content (AvgIpc) is 3.42. The van der Waals surface area contributed by atoms with Crippen molar-refractivity contribution in [1.29, 1.82) is 5.26 Å². The summed E-state index contributed by atoms with van der Waals surface area (Å²) < 4.78 is 12.2. The minimum Gasteiger partial charge on any atom is -0.408 e. The first kappa shape index (κ1) is 22.3. The molecule has 0 bridgehead atoms. The van der Waals surface area contributed by atoms with Gasteiger partial charge in [-0.15, -0.1) is 0 Å². The maximum atomic E-state index is 12.0. The van der Waals surface area contributed by atoms with Crippen molar-refractivity contribution in [1.82, 2.24) is 9.88 Å². The molecule has 1 saturated heterocycles. The standard InChI is InChI=1S/C23H26N2O4.CHN/c1-25-20-15-18(8-10-21(20)29-23(25)27)17-6-4-16(5-7-17)12-13-24-22(26)11-9-19-3-2-14-28-19;1-2/h4-8,10,15,19H,2-3,9,11-14H2,1H3,(H,24,26);1H. The zero-order valence-electron chi connectivity index (χ0n) is 17.7. The number of nitrogens with one attached hydrogen (secondary N) is 1. The van der Waals surface area contributed by atoms with E-state index in [0.29, 0.717) is 18.5 Å². The average molecular weight is 421 g/mol. The second-order valence-electron chi connectivity index (χ2n) is 7.58. The molecule has 7 nitrogen and oxygen atoms in total. The molecule has 0 aliphatic carbocycles. The van der Waals surface area contributed by atoms with Crippen molar-refractivity contribution in [3.8, 4) is 17.7 Å². The van der Waals surface area contributed by atoms with Crippen molar-refractivity contribution >= 4 is 17.0 Å². The summed E-state index contributed by atoms with van der Waals surface area (Å²) in [5, 5.41) is 9.49. The molecule has 0 radical (unpaired) electrons. The van der Waals surface area contributed by atoms with E-state index in [1.165, 1.54) is 10.1 Å². The number of aryl methyl sites for hydroxylation is 1. The summed E-state index contributed by atoms with van der Waals surface area (Å²) in [6.45, 7) is 4.96. The Morgan fingerprint density at radius 3 is 2.65 bits per heavy atom. The number of oxazole rings is 1. The maximum absolute atomic E-state index is 12.0. The van der Waals surface area contributed by atoms with E-state index in [0.717, 1.165) is 48.9 Å². The molecule has 0 spiro atoms. The second-order valence-corrected chi connectivity index (χ2v) is 7.58. The van der Waals surface area contributed by atoms with Crippen LogP contribution in [-0.2, 0) is 23.0 Å². The highest BCUT2D eigenvalue weighted by Crippen LogP contribution is 2.24. The van der Waals surface area contributed by atoms with E-state index in [2.05, 4.69) is 36.2 Å². The Hall–Kier alpha value is -3.37. The molecule has 1 fully saturated rings. The lowest BCUT2D eigenvalue weighted by Gasteiger charge is -2.10. The Balaban J connectivity index is 0.00000132. The summed E-state index contributed by atoms with van der Waals surface area (Å²) in [6, 6.07) is 14.0. The van der Waals surface area contributed by atoms with E-state index in [4.69, 9.17) is 14.4 Å². The van der Waals surface area contributed by atoms with Crippen molar-refractivity contribution in [2.24, 2.45) is 7.05 Å². The Morgan fingerprint density at radius 1 is 1.19 bits per heavy atom. The normalized spacial score (nSPS) is 15.4. The van der Waals surface area contributed by atoms with Gasteiger partial charge in [0.25, 0.3) is 0 Å². The third kappa shape index (κ3) is 5.62. The molecule has 2 heterocycles. The van der Waals surface area contributed by atoms with Gasteiger partial charge in [0, 0.05) is 33.2 Å². The molecule has 1 N–H and O–H groups in total. The molecular formula is C24H27N3O4. The fourth-order valence-electron chi connectivity index (χ4n) is 3.77. The number of fused-ring (bicyclic) bond motifs is 1. The lowest BCUT2D eigenvalue weighted by atomic mass is 10.0. The van der Waals surface area contributed by atoms with E-state index >= 15 is 0 Å². The molecule has 0 saturated carbocycles. The number of hydrogen-bond donors (Lipinski definition) is 1. The second kappa shape index (κ2) is 10.6. The number of aromatic nitrogens is 1. The van der Waals surface area contributed by atoms with E-state index in [-0.39, 0.29) is 17.8 Å². The van der Waals surface area contributed by atoms with Gasteiger partial charge in [-0.3, -0.25) is 9.36 Å². The number of rotatable bonds is 7. The molecule has 162 valence electrons. The van der Waals surface area contributed by atoms with Crippen LogP contribution in [0, 0.1) is 11.8 Å². The number of hydrogen-bond acceptors (Lipinski definition) is 5.